The fourth-order valence-electron chi connectivity index (χ4n) is 7.13. The van der Waals surface area contributed by atoms with Crippen molar-refractivity contribution in [2.75, 3.05) is 26.2 Å². The van der Waals surface area contributed by atoms with E-state index in [1.165, 1.54) is 50.8 Å². The van der Waals surface area contributed by atoms with Crippen LogP contribution in [-0.2, 0) is 6.54 Å². The van der Waals surface area contributed by atoms with E-state index in [-0.39, 0.29) is 0 Å². The van der Waals surface area contributed by atoms with Crippen molar-refractivity contribution in [1.29, 1.82) is 0 Å². The molecule has 0 aromatic heterocycles. The Kier molecular flexibility index (Phi) is 4.80. The van der Waals surface area contributed by atoms with Crippen molar-refractivity contribution in [2.45, 2.75) is 57.2 Å². The Labute approximate surface area is 158 Å². The van der Waals surface area contributed by atoms with Gasteiger partial charge in [0.05, 0.1) is 0 Å². The molecule has 4 aliphatic carbocycles. The lowest BCUT2D eigenvalue weighted by Gasteiger charge is -2.59. The first-order chi connectivity index (χ1) is 12.8. The zero-order valence-corrected chi connectivity index (χ0v) is 16.0. The minimum absolute atomic E-state index is 0.311. The van der Waals surface area contributed by atoms with Crippen LogP contribution in [-0.4, -0.2) is 53.2 Å². The summed E-state index contributed by atoms with van der Waals surface area (Å²) in [5.74, 6) is 4.06. The molecule has 26 heavy (non-hydrogen) atoms. The Morgan fingerprint density at radius 1 is 0.885 bits per heavy atom. The second kappa shape index (κ2) is 7.26. The maximum absolute atomic E-state index is 9.66. The quantitative estimate of drug-likeness (QED) is 0.878. The standard InChI is InChI=1S/C23H34N2O/c26-9-6-22-16-25(8-7-24(22)15-17-4-2-1-3-5-17)23-20-11-18-10-19(13-20)14-21(23)12-18/h1-5,18-23,26H,6-16H2. The lowest BCUT2D eigenvalue weighted by molar-refractivity contribution is -0.0876. The highest BCUT2D eigenvalue weighted by molar-refractivity contribution is 5.15. The molecule has 4 saturated carbocycles. The summed E-state index contributed by atoms with van der Waals surface area (Å²) in [7, 11) is 0. The van der Waals surface area contributed by atoms with Crippen molar-refractivity contribution in [2.24, 2.45) is 23.7 Å². The molecule has 1 aliphatic heterocycles. The molecular formula is C23H34N2O. The first-order valence-corrected chi connectivity index (χ1v) is 10.9. The van der Waals surface area contributed by atoms with Gasteiger partial charge in [-0.2, -0.15) is 0 Å². The third-order valence-electron chi connectivity index (χ3n) is 7.93. The lowest BCUT2D eigenvalue weighted by atomic mass is 9.53. The normalized spacial score (nSPS) is 40.2. The predicted molar refractivity (Wildman–Crippen MR) is 105 cm³/mol. The summed E-state index contributed by atoms with van der Waals surface area (Å²) in [6.07, 6.45) is 8.48. The van der Waals surface area contributed by atoms with Gasteiger partial charge >= 0.3 is 0 Å². The van der Waals surface area contributed by atoms with Gasteiger partial charge in [0.15, 0.2) is 0 Å². The molecule has 5 fully saturated rings. The van der Waals surface area contributed by atoms with Gasteiger partial charge < -0.3 is 5.11 Å². The Balaban J connectivity index is 1.28. The van der Waals surface area contributed by atoms with Crippen molar-refractivity contribution < 1.29 is 5.11 Å². The van der Waals surface area contributed by atoms with Crippen LogP contribution >= 0.6 is 0 Å². The number of benzene rings is 1. The third-order valence-corrected chi connectivity index (χ3v) is 7.93. The summed E-state index contributed by atoms with van der Waals surface area (Å²) in [5.41, 5.74) is 1.40. The van der Waals surface area contributed by atoms with E-state index in [1.807, 2.05) is 0 Å². The molecular weight excluding hydrogens is 320 g/mol. The number of rotatable bonds is 5. The van der Waals surface area contributed by atoms with Gasteiger partial charge in [0.1, 0.15) is 0 Å². The number of nitrogens with zero attached hydrogens (tertiary/aromatic N) is 2. The van der Waals surface area contributed by atoms with Crippen molar-refractivity contribution in [1.82, 2.24) is 9.80 Å². The topological polar surface area (TPSA) is 26.7 Å². The number of aliphatic hydroxyl groups is 1. The van der Waals surface area contributed by atoms with E-state index in [9.17, 15) is 5.11 Å². The van der Waals surface area contributed by atoms with Gasteiger partial charge in [0.2, 0.25) is 0 Å². The monoisotopic (exact) mass is 354 g/mol. The van der Waals surface area contributed by atoms with Crippen LogP contribution < -0.4 is 0 Å². The molecule has 4 bridgehead atoms. The number of piperazine rings is 1. The van der Waals surface area contributed by atoms with Crippen LogP contribution in [0.3, 0.4) is 0 Å². The van der Waals surface area contributed by atoms with E-state index in [2.05, 4.69) is 40.1 Å². The second-order valence-corrected chi connectivity index (χ2v) is 9.54. The van der Waals surface area contributed by atoms with Crippen LogP contribution in [0.15, 0.2) is 30.3 Å². The maximum atomic E-state index is 9.66. The highest BCUT2D eigenvalue weighted by atomic mass is 16.3. The van der Waals surface area contributed by atoms with Gasteiger partial charge in [-0.25, -0.2) is 0 Å². The molecule has 1 saturated heterocycles. The zero-order valence-electron chi connectivity index (χ0n) is 16.0. The summed E-state index contributed by atoms with van der Waals surface area (Å²) in [4.78, 5) is 5.48. The van der Waals surface area contributed by atoms with Crippen LogP contribution in [0.4, 0.5) is 0 Å². The zero-order chi connectivity index (χ0) is 17.5. The van der Waals surface area contributed by atoms with Crippen LogP contribution in [0.25, 0.3) is 0 Å². The van der Waals surface area contributed by atoms with Gasteiger partial charge in [-0.05, 0) is 67.8 Å². The molecule has 142 valence electrons. The summed E-state index contributed by atoms with van der Waals surface area (Å²) >= 11 is 0. The SMILES string of the molecule is OCCC1CN(C2C3CC4CC(C3)CC2C4)CCN1Cc1ccccc1. The molecule has 1 aromatic rings. The molecule has 1 heterocycles. The van der Waals surface area contributed by atoms with Crippen molar-refractivity contribution in [3.05, 3.63) is 35.9 Å². The molecule has 0 radical (unpaired) electrons. The summed E-state index contributed by atoms with van der Waals surface area (Å²) in [6, 6.07) is 12.2. The summed E-state index contributed by atoms with van der Waals surface area (Å²) in [6.45, 7) is 4.89. The van der Waals surface area contributed by atoms with E-state index >= 15 is 0 Å². The Morgan fingerprint density at radius 2 is 1.58 bits per heavy atom. The first-order valence-electron chi connectivity index (χ1n) is 10.9. The number of hydrogen-bond acceptors (Lipinski definition) is 3. The molecule has 1 unspecified atom stereocenters. The summed E-state index contributed by atoms with van der Waals surface area (Å²) in [5, 5.41) is 9.66. The minimum atomic E-state index is 0.311. The number of hydrogen-bond donors (Lipinski definition) is 1. The van der Waals surface area contributed by atoms with Crippen LogP contribution in [0, 0.1) is 23.7 Å². The minimum Gasteiger partial charge on any atom is -0.396 e. The molecule has 1 atom stereocenters. The average molecular weight is 355 g/mol. The maximum Gasteiger partial charge on any atom is 0.0446 e. The molecule has 3 heteroatoms. The van der Waals surface area contributed by atoms with E-state index in [0.717, 1.165) is 49.2 Å². The van der Waals surface area contributed by atoms with Crippen molar-refractivity contribution >= 4 is 0 Å². The van der Waals surface area contributed by atoms with Gasteiger partial charge in [-0.3, -0.25) is 9.80 Å². The van der Waals surface area contributed by atoms with E-state index < -0.39 is 0 Å². The van der Waals surface area contributed by atoms with E-state index in [0.29, 0.717) is 12.6 Å². The van der Waals surface area contributed by atoms with Gasteiger partial charge in [-0.1, -0.05) is 30.3 Å². The molecule has 0 amide bonds. The Morgan fingerprint density at radius 3 is 2.23 bits per heavy atom. The molecule has 3 nitrogen and oxygen atoms in total. The largest absolute Gasteiger partial charge is 0.396 e. The number of aliphatic hydroxyl groups excluding tert-OH is 1. The fraction of sp³-hybridized carbons (Fsp3) is 0.739. The molecule has 1 aromatic carbocycles. The molecule has 5 aliphatic rings. The second-order valence-electron chi connectivity index (χ2n) is 9.54. The van der Waals surface area contributed by atoms with Crippen molar-refractivity contribution in [3.63, 3.8) is 0 Å². The molecule has 0 spiro atoms. The molecule has 1 N–H and O–H groups in total. The van der Waals surface area contributed by atoms with Crippen LogP contribution in [0.2, 0.25) is 0 Å². The lowest BCUT2D eigenvalue weighted by Crippen LogP contribution is -2.62. The van der Waals surface area contributed by atoms with Gasteiger partial charge in [0.25, 0.3) is 0 Å². The highest BCUT2D eigenvalue weighted by Gasteiger charge is 2.50. The van der Waals surface area contributed by atoms with Gasteiger partial charge in [-0.15, -0.1) is 0 Å². The first kappa shape index (κ1) is 17.2. The average Bonchev–Trinajstić information content (AvgIpc) is 2.64. The third kappa shape index (κ3) is 3.23. The van der Waals surface area contributed by atoms with Crippen molar-refractivity contribution in [3.8, 4) is 0 Å². The summed E-state index contributed by atoms with van der Waals surface area (Å²) < 4.78 is 0. The van der Waals surface area contributed by atoms with Gasteiger partial charge in [0, 0.05) is 44.9 Å². The van der Waals surface area contributed by atoms with Crippen LogP contribution in [0.5, 0.6) is 0 Å². The highest BCUT2D eigenvalue weighted by Crippen LogP contribution is 2.55. The Hall–Kier alpha value is -0.900. The molecule has 6 rings (SSSR count). The van der Waals surface area contributed by atoms with Crippen LogP contribution in [0.1, 0.15) is 44.1 Å². The van der Waals surface area contributed by atoms with E-state index in [4.69, 9.17) is 0 Å². The predicted octanol–water partition coefficient (Wildman–Crippen LogP) is 3.38. The fourth-order valence-corrected chi connectivity index (χ4v) is 7.13. The smallest absolute Gasteiger partial charge is 0.0446 e. The van der Waals surface area contributed by atoms with E-state index in [1.54, 1.807) is 0 Å². The Bertz CT molecular complexity index is 575.